The Morgan fingerprint density at radius 2 is 1.72 bits per heavy atom. The van der Waals surface area contributed by atoms with E-state index in [1.165, 1.54) is 5.56 Å². The molecule has 2 nitrogen and oxygen atoms in total. The van der Waals surface area contributed by atoms with Gasteiger partial charge in [-0.25, -0.2) is 0 Å². The summed E-state index contributed by atoms with van der Waals surface area (Å²) < 4.78 is 0. The molecule has 0 saturated carbocycles. The molecule has 0 amide bonds. The third kappa shape index (κ3) is 3.18. The number of hydrogen-bond donors (Lipinski definition) is 0. The zero-order valence-electron chi connectivity index (χ0n) is 15.8. The number of rotatable bonds is 3. The fourth-order valence-electron chi connectivity index (χ4n) is 3.65. The molecule has 1 aliphatic rings. The number of hydrogen-bond acceptors (Lipinski definition) is 2. The third-order valence-electron chi connectivity index (χ3n) is 5.41. The van der Waals surface area contributed by atoms with Crippen molar-refractivity contribution in [1.82, 2.24) is 0 Å². The first-order valence-electron chi connectivity index (χ1n) is 8.88. The zero-order chi connectivity index (χ0) is 18.4. The largest absolute Gasteiger partial charge is 0.298 e. The maximum absolute atomic E-state index is 12.9. The van der Waals surface area contributed by atoms with E-state index in [-0.39, 0.29) is 23.4 Å². The Labute approximate surface area is 150 Å². The zero-order valence-corrected chi connectivity index (χ0v) is 15.8. The highest BCUT2D eigenvalue weighted by Gasteiger charge is 2.43. The maximum Gasteiger partial charge on any atom is 0.164 e. The molecule has 0 aliphatic heterocycles. The Kier molecular flexibility index (Phi) is 4.18. The van der Waals surface area contributed by atoms with Gasteiger partial charge in [-0.1, -0.05) is 68.8 Å². The van der Waals surface area contributed by atoms with Crippen LogP contribution >= 0.6 is 0 Å². The Balaban J connectivity index is 1.88. The van der Waals surface area contributed by atoms with Crippen LogP contribution in [-0.4, -0.2) is 11.6 Å². The van der Waals surface area contributed by atoms with E-state index in [9.17, 15) is 9.59 Å². The smallest absolute Gasteiger partial charge is 0.164 e. The lowest BCUT2D eigenvalue weighted by molar-refractivity contribution is -0.122. The van der Waals surface area contributed by atoms with Crippen molar-refractivity contribution in [3.63, 3.8) is 0 Å². The van der Waals surface area contributed by atoms with Gasteiger partial charge in [-0.15, -0.1) is 0 Å². The van der Waals surface area contributed by atoms with Crippen LogP contribution in [0.3, 0.4) is 0 Å². The van der Waals surface area contributed by atoms with Gasteiger partial charge in [0.05, 0.1) is 5.41 Å². The highest BCUT2D eigenvalue weighted by molar-refractivity contribution is 6.04. The molecule has 2 aromatic carbocycles. The predicted molar refractivity (Wildman–Crippen MR) is 101 cm³/mol. The maximum atomic E-state index is 12.9. The van der Waals surface area contributed by atoms with Crippen molar-refractivity contribution in [3.05, 3.63) is 70.3 Å². The van der Waals surface area contributed by atoms with Gasteiger partial charge in [0.1, 0.15) is 5.78 Å². The van der Waals surface area contributed by atoms with E-state index >= 15 is 0 Å². The monoisotopic (exact) mass is 334 g/mol. The third-order valence-corrected chi connectivity index (χ3v) is 5.41. The molecule has 2 aromatic rings. The van der Waals surface area contributed by atoms with Gasteiger partial charge >= 0.3 is 0 Å². The van der Waals surface area contributed by atoms with Gasteiger partial charge in [0.15, 0.2) is 5.78 Å². The summed E-state index contributed by atoms with van der Waals surface area (Å²) in [5.74, 6) is 0.179. The molecule has 1 atom stereocenters. The molecule has 1 unspecified atom stereocenters. The molecule has 130 valence electrons. The Morgan fingerprint density at radius 3 is 2.32 bits per heavy atom. The van der Waals surface area contributed by atoms with Gasteiger partial charge in [0, 0.05) is 18.4 Å². The Bertz CT molecular complexity index is 837. The minimum atomic E-state index is -0.707. The molecule has 1 aliphatic carbocycles. The molecular formula is C23H26O2. The van der Waals surface area contributed by atoms with Crippen LogP contribution in [0, 0.1) is 6.92 Å². The molecular weight excluding hydrogens is 308 g/mol. The molecule has 2 heteroatoms. The normalized spacial score (nSPS) is 19.8. The summed E-state index contributed by atoms with van der Waals surface area (Å²) in [7, 11) is 0. The summed E-state index contributed by atoms with van der Waals surface area (Å²) in [6.45, 7) is 10.4. The van der Waals surface area contributed by atoms with Crippen molar-refractivity contribution in [1.29, 1.82) is 0 Å². The van der Waals surface area contributed by atoms with Crippen LogP contribution in [0.25, 0.3) is 0 Å². The Morgan fingerprint density at radius 1 is 1.08 bits per heavy atom. The molecule has 0 radical (unpaired) electrons. The molecule has 0 aromatic heterocycles. The van der Waals surface area contributed by atoms with E-state index in [1.807, 2.05) is 50.2 Å². The van der Waals surface area contributed by atoms with Crippen LogP contribution in [0.1, 0.15) is 66.7 Å². The lowest BCUT2D eigenvalue weighted by Crippen LogP contribution is -2.31. The minimum absolute atomic E-state index is 0.0330. The summed E-state index contributed by atoms with van der Waals surface area (Å²) in [6, 6.07) is 13.9. The van der Waals surface area contributed by atoms with E-state index in [4.69, 9.17) is 0 Å². The van der Waals surface area contributed by atoms with Crippen molar-refractivity contribution < 1.29 is 9.59 Å². The second-order valence-electron chi connectivity index (χ2n) is 8.52. The van der Waals surface area contributed by atoms with Crippen LogP contribution in [0.4, 0.5) is 0 Å². The van der Waals surface area contributed by atoms with E-state index < -0.39 is 5.41 Å². The number of fused-ring (bicyclic) bond motifs is 1. The number of carbonyl (C=O) groups excluding carboxylic acids is 2. The first kappa shape index (κ1) is 17.6. The van der Waals surface area contributed by atoms with Gasteiger partial charge in [-0.05, 0) is 36.0 Å². The standard InChI is InChI=1S/C23H26O2/c1-15-6-7-17-13-21(25)23(5,19(17)12-15)14-20(24)16-8-10-18(11-9-16)22(2,3)4/h6-12H,13-14H2,1-5H3. The lowest BCUT2D eigenvalue weighted by Gasteiger charge is -2.24. The highest BCUT2D eigenvalue weighted by atomic mass is 16.1. The number of carbonyl (C=O) groups is 2. The van der Waals surface area contributed by atoms with Crippen LogP contribution in [-0.2, 0) is 22.0 Å². The van der Waals surface area contributed by atoms with Crippen molar-refractivity contribution in [2.45, 2.75) is 58.3 Å². The van der Waals surface area contributed by atoms with Crippen LogP contribution in [0.5, 0.6) is 0 Å². The van der Waals surface area contributed by atoms with E-state index in [2.05, 4.69) is 26.8 Å². The first-order chi connectivity index (χ1) is 11.6. The number of ketones is 2. The van der Waals surface area contributed by atoms with Crippen molar-refractivity contribution >= 4 is 11.6 Å². The molecule has 0 N–H and O–H groups in total. The molecule has 0 bridgehead atoms. The minimum Gasteiger partial charge on any atom is -0.298 e. The molecule has 0 spiro atoms. The lowest BCUT2D eigenvalue weighted by atomic mass is 9.77. The quantitative estimate of drug-likeness (QED) is 0.744. The average Bonchev–Trinajstić information content (AvgIpc) is 2.78. The topological polar surface area (TPSA) is 34.1 Å². The van der Waals surface area contributed by atoms with Crippen molar-refractivity contribution in [2.75, 3.05) is 0 Å². The molecule has 0 heterocycles. The summed E-state index contributed by atoms with van der Waals surface area (Å²) in [4.78, 5) is 25.5. The summed E-state index contributed by atoms with van der Waals surface area (Å²) in [5, 5.41) is 0. The molecule has 0 fully saturated rings. The fourth-order valence-corrected chi connectivity index (χ4v) is 3.65. The van der Waals surface area contributed by atoms with Gasteiger partial charge in [-0.3, -0.25) is 9.59 Å². The SMILES string of the molecule is Cc1ccc2c(c1)C(C)(CC(=O)c1ccc(C(C)(C)C)cc1)C(=O)C2. The number of benzene rings is 2. The molecule has 0 saturated heterocycles. The fraction of sp³-hybridized carbons (Fsp3) is 0.391. The first-order valence-corrected chi connectivity index (χ1v) is 8.88. The summed E-state index contributed by atoms with van der Waals surface area (Å²) in [6.07, 6.45) is 0.666. The van der Waals surface area contributed by atoms with Crippen LogP contribution < -0.4 is 0 Å². The molecule has 3 rings (SSSR count). The highest BCUT2D eigenvalue weighted by Crippen LogP contribution is 2.40. The van der Waals surface area contributed by atoms with Crippen LogP contribution in [0.15, 0.2) is 42.5 Å². The second-order valence-corrected chi connectivity index (χ2v) is 8.52. The van der Waals surface area contributed by atoms with E-state index in [0.717, 1.165) is 16.7 Å². The van der Waals surface area contributed by atoms with Crippen molar-refractivity contribution in [3.8, 4) is 0 Å². The number of aryl methyl sites for hydroxylation is 1. The van der Waals surface area contributed by atoms with Gasteiger partial charge in [0.2, 0.25) is 0 Å². The van der Waals surface area contributed by atoms with E-state index in [0.29, 0.717) is 12.0 Å². The number of Topliss-reactive ketones (excluding diaryl/α,β-unsaturated/α-hetero) is 2. The Hall–Kier alpha value is -2.22. The average molecular weight is 334 g/mol. The molecule has 25 heavy (non-hydrogen) atoms. The van der Waals surface area contributed by atoms with Crippen molar-refractivity contribution in [2.24, 2.45) is 0 Å². The van der Waals surface area contributed by atoms with E-state index in [1.54, 1.807) is 0 Å². The van der Waals surface area contributed by atoms with Gasteiger partial charge < -0.3 is 0 Å². The van der Waals surface area contributed by atoms with Crippen LogP contribution in [0.2, 0.25) is 0 Å². The van der Waals surface area contributed by atoms with Gasteiger partial charge in [-0.2, -0.15) is 0 Å². The van der Waals surface area contributed by atoms with Gasteiger partial charge in [0.25, 0.3) is 0 Å². The summed E-state index contributed by atoms with van der Waals surface area (Å²) in [5.41, 5.74) is 4.45. The predicted octanol–water partition coefficient (Wildman–Crippen LogP) is 4.95. The summed E-state index contributed by atoms with van der Waals surface area (Å²) >= 11 is 0. The second kappa shape index (κ2) is 5.94.